The Morgan fingerprint density at radius 1 is 0.962 bits per heavy atom. The highest BCUT2D eigenvalue weighted by atomic mass is 19.1. The van der Waals surface area contributed by atoms with E-state index in [2.05, 4.69) is 20.3 Å². The molecule has 128 valence electrons. The van der Waals surface area contributed by atoms with Gasteiger partial charge in [0.05, 0.1) is 11.2 Å². The molecule has 4 rings (SSSR count). The third kappa shape index (κ3) is 2.82. The van der Waals surface area contributed by atoms with Crippen LogP contribution in [0.1, 0.15) is 0 Å². The number of halogens is 1. The summed E-state index contributed by atoms with van der Waals surface area (Å²) in [5, 5.41) is 3.97. The van der Waals surface area contributed by atoms with E-state index in [0.29, 0.717) is 11.6 Å². The van der Waals surface area contributed by atoms with Gasteiger partial charge in [0.25, 0.3) is 0 Å². The average molecular weight is 345 g/mol. The lowest BCUT2D eigenvalue weighted by molar-refractivity contribution is 0.633. The van der Waals surface area contributed by atoms with Crippen molar-refractivity contribution in [1.82, 2.24) is 15.0 Å². The van der Waals surface area contributed by atoms with Crippen molar-refractivity contribution in [2.75, 3.05) is 18.1 Å². The number of benzene rings is 2. The SMILES string of the molecule is CNc1nc(-c2cccnc2)nc2ccc(-c3ccc(N)c(F)c3)cc12. The molecule has 26 heavy (non-hydrogen) atoms. The van der Waals surface area contributed by atoms with E-state index in [1.54, 1.807) is 24.5 Å². The molecule has 0 amide bonds. The zero-order chi connectivity index (χ0) is 18.1. The summed E-state index contributed by atoms with van der Waals surface area (Å²) in [5.41, 5.74) is 8.95. The molecule has 0 aliphatic carbocycles. The highest BCUT2D eigenvalue weighted by Crippen LogP contribution is 2.30. The van der Waals surface area contributed by atoms with E-state index in [0.717, 1.165) is 27.6 Å². The van der Waals surface area contributed by atoms with Gasteiger partial charge in [-0.1, -0.05) is 12.1 Å². The molecule has 0 fully saturated rings. The summed E-state index contributed by atoms with van der Waals surface area (Å²) in [5.74, 6) is 0.868. The van der Waals surface area contributed by atoms with Crippen LogP contribution in [0.5, 0.6) is 0 Å². The van der Waals surface area contributed by atoms with Crippen molar-refractivity contribution in [1.29, 1.82) is 0 Å². The van der Waals surface area contributed by atoms with Gasteiger partial charge in [0.15, 0.2) is 5.82 Å². The fraction of sp³-hybridized carbons (Fsp3) is 0.0500. The van der Waals surface area contributed by atoms with Crippen LogP contribution in [0.4, 0.5) is 15.9 Å². The molecule has 0 saturated heterocycles. The molecule has 0 aliphatic rings. The monoisotopic (exact) mass is 345 g/mol. The standard InChI is InChI=1S/C20H16FN5/c1-23-20-15-9-12(13-4-6-17(22)16(21)10-13)5-7-18(15)25-19(26-20)14-3-2-8-24-11-14/h2-11H,22H2,1H3,(H,23,25,26). The molecule has 0 saturated carbocycles. The molecule has 0 bridgehead atoms. The zero-order valence-electron chi connectivity index (χ0n) is 14.1. The predicted molar refractivity (Wildman–Crippen MR) is 102 cm³/mol. The number of aromatic nitrogens is 3. The molecule has 2 aromatic carbocycles. The average Bonchev–Trinajstić information content (AvgIpc) is 2.69. The molecule has 0 unspecified atom stereocenters. The molecular formula is C20H16FN5. The van der Waals surface area contributed by atoms with E-state index in [1.807, 2.05) is 37.4 Å². The molecule has 0 radical (unpaired) electrons. The van der Waals surface area contributed by atoms with Gasteiger partial charge in [-0.2, -0.15) is 0 Å². The first-order valence-corrected chi connectivity index (χ1v) is 8.11. The summed E-state index contributed by atoms with van der Waals surface area (Å²) in [6.07, 6.45) is 3.44. The Hall–Kier alpha value is -3.54. The van der Waals surface area contributed by atoms with Gasteiger partial charge in [-0.3, -0.25) is 4.98 Å². The lowest BCUT2D eigenvalue weighted by Crippen LogP contribution is -1.99. The summed E-state index contributed by atoms with van der Waals surface area (Å²) in [4.78, 5) is 13.4. The van der Waals surface area contributed by atoms with Crippen LogP contribution in [-0.2, 0) is 0 Å². The van der Waals surface area contributed by atoms with Gasteiger partial charge in [0.2, 0.25) is 0 Å². The molecule has 0 atom stereocenters. The quantitative estimate of drug-likeness (QED) is 0.546. The first-order valence-electron chi connectivity index (χ1n) is 8.11. The van der Waals surface area contributed by atoms with E-state index in [-0.39, 0.29) is 5.69 Å². The Balaban J connectivity index is 1.87. The van der Waals surface area contributed by atoms with Gasteiger partial charge >= 0.3 is 0 Å². The first kappa shape index (κ1) is 16.0. The Labute approximate surface area is 149 Å². The summed E-state index contributed by atoms with van der Waals surface area (Å²) >= 11 is 0. The van der Waals surface area contributed by atoms with Gasteiger partial charge in [0.1, 0.15) is 11.6 Å². The molecule has 2 aromatic heterocycles. The molecule has 4 aromatic rings. The topological polar surface area (TPSA) is 76.7 Å². The van der Waals surface area contributed by atoms with Crippen LogP contribution in [0.15, 0.2) is 60.9 Å². The van der Waals surface area contributed by atoms with Crippen molar-refractivity contribution in [3.8, 4) is 22.5 Å². The van der Waals surface area contributed by atoms with E-state index in [4.69, 9.17) is 5.73 Å². The van der Waals surface area contributed by atoms with Gasteiger partial charge in [0, 0.05) is 30.4 Å². The number of hydrogen-bond donors (Lipinski definition) is 2. The summed E-state index contributed by atoms with van der Waals surface area (Å²) in [6.45, 7) is 0. The minimum Gasteiger partial charge on any atom is -0.396 e. The van der Waals surface area contributed by atoms with Crippen LogP contribution in [0.25, 0.3) is 33.4 Å². The van der Waals surface area contributed by atoms with E-state index >= 15 is 0 Å². The molecule has 0 aliphatic heterocycles. The van der Waals surface area contributed by atoms with E-state index < -0.39 is 5.82 Å². The van der Waals surface area contributed by atoms with Crippen LogP contribution in [-0.4, -0.2) is 22.0 Å². The van der Waals surface area contributed by atoms with Crippen LogP contribution < -0.4 is 11.1 Å². The molecule has 3 N–H and O–H groups in total. The van der Waals surface area contributed by atoms with Crippen LogP contribution in [0, 0.1) is 5.82 Å². The fourth-order valence-corrected chi connectivity index (χ4v) is 2.83. The van der Waals surface area contributed by atoms with Crippen molar-refractivity contribution in [3.05, 3.63) is 66.7 Å². The van der Waals surface area contributed by atoms with Crippen LogP contribution >= 0.6 is 0 Å². The first-order chi connectivity index (χ1) is 12.7. The van der Waals surface area contributed by atoms with Gasteiger partial charge < -0.3 is 11.1 Å². The highest BCUT2D eigenvalue weighted by molar-refractivity contribution is 5.94. The van der Waals surface area contributed by atoms with Gasteiger partial charge in [-0.15, -0.1) is 0 Å². The van der Waals surface area contributed by atoms with Crippen molar-refractivity contribution >= 4 is 22.4 Å². The van der Waals surface area contributed by atoms with E-state index in [1.165, 1.54) is 6.07 Å². The lowest BCUT2D eigenvalue weighted by atomic mass is 10.0. The summed E-state index contributed by atoms with van der Waals surface area (Å²) in [7, 11) is 1.81. The number of pyridine rings is 1. The van der Waals surface area contributed by atoms with Crippen molar-refractivity contribution in [2.24, 2.45) is 0 Å². The third-order valence-electron chi connectivity index (χ3n) is 4.19. The number of nitrogen functional groups attached to an aromatic ring is 1. The third-order valence-corrected chi connectivity index (χ3v) is 4.19. The Morgan fingerprint density at radius 3 is 2.50 bits per heavy atom. The fourth-order valence-electron chi connectivity index (χ4n) is 2.83. The maximum absolute atomic E-state index is 13.8. The Bertz CT molecular complexity index is 1100. The second kappa shape index (κ2) is 6.40. The maximum Gasteiger partial charge on any atom is 0.163 e. The molecule has 2 heterocycles. The summed E-state index contributed by atoms with van der Waals surface area (Å²) < 4.78 is 13.8. The van der Waals surface area contributed by atoms with Gasteiger partial charge in [-0.25, -0.2) is 14.4 Å². The number of hydrogen-bond acceptors (Lipinski definition) is 5. The van der Waals surface area contributed by atoms with Gasteiger partial charge in [-0.05, 0) is 47.5 Å². The molecule has 6 heteroatoms. The maximum atomic E-state index is 13.8. The summed E-state index contributed by atoms with van der Waals surface area (Å²) in [6, 6.07) is 14.3. The number of nitrogens with two attached hydrogens (primary N) is 1. The smallest absolute Gasteiger partial charge is 0.163 e. The largest absolute Gasteiger partial charge is 0.396 e. The lowest BCUT2D eigenvalue weighted by Gasteiger charge is -2.10. The number of rotatable bonds is 3. The number of anilines is 2. The number of nitrogens with zero attached hydrogens (tertiary/aromatic N) is 3. The zero-order valence-corrected chi connectivity index (χ0v) is 14.1. The highest BCUT2D eigenvalue weighted by Gasteiger charge is 2.11. The van der Waals surface area contributed by atoms with Crippen molar-refractivity contribution < 1.29 is 4.39 Å². The number of nitrogens with one attached hydrogen (secondary N) is 1. The Kier molecular flexibility index (Phi) is 3.93. The predicted octanol–water partition coefficient (Wildman–Crippen LogP) is 4.12. The minimum absolute atomic E-state index is 0.134. The van der Waals surface area contributed by atoms with E-state index in [9.17, 15) is 4.39 Å². The minimum atomic E-state index is -0.431. The molecule has 5 nitrogen and oxygen atoms in total. The van der Waals surface area contributed by atoms with Crippen molar-refractivity contribution in [2.45, 2.75) is 0 Å². The normalized spacial score (nSPS) is 10.8. The second-order valence-corrected chi connectivity index (χ2v) is 5.86. The number of fused-ring (bicyclic) bond motifs is 1. The second-order valence-electron chi connectivity index (χ2n) is 5.86. The molecule has 0 spiro atoms. The Morgan fingerprint density at radius 2 is 1.77 bits per heavy atom. The van der Waals surface area contributed by atoms with Crippen LogP contribution in [0.3, 0.4) is 0 Å². The van der Waals surface area contributed by atoms with Crippen molar-refractivity contribution in [3.63, 3.8) is 0 Å². The van der Waals surface area contributed by atoms with Crippen LogP contribution in [0.2, 0.25) is 0 Å². The molecular weight excluding hydrogens is 329 g/mol.